The molecule has 2 fully saturated rings. The molecule has 4 rings (SSSR count). The van der Waals surface area contributed by atoms with Gasteiger partial charge in [-0.3, -0.25) is 0 Å². The highest BCUT2D eigenvalue weighted by molar-refractivity contribution is 6.31. The molecule has 0 saturated carbocycles. The third kappa shape index (κ3) is 4.89. The van der Waals surface area contributed by atoms with Gasteiger partial charge in [-0.25, -0.2) is 0 Å². The lowest BCUT2D eigenvalue weighted by molar-refractivity contribution is -0.263. The Labute approximate surface area is 197 Å². The Bertz CT molecular complexity index is 933. The van der Waals surface area contributed by atoms with Gasteiger partial charge in [0.1, 0.15) is 36.3 Å². The number of aliphatic hydroxyl groups excluding tert-OH is 4. The van der Waals surface area contributed by atoms with E-state index in [1.165, 1.54) is 7.11 Å². The summed E-state index contributed by atoms with van der Waals surface area (Å²) in [5.74, 6) is -0.946. The smallest absolute Gasteiger partial charge is 0.224 e. The summed E-state index contributed by atoms with van der Waals surface area (Å²) in [5, 5.41) is 40.9. The van der Waals surface area contributed by atoms with Gasteiger partial charge in [0.2, 0.25) is 5.79 Å². The minimum Gasteiger partial charge on any atom is -0.488 e. The first-order valence-electron chi connectivity index (χ1n) is 10.9. The Morgan fingerprint density at radius 3 is 2.58 bits per heavy atom. The molecule has 0 spiro atoms. The Morgan fingerprint density at radius 2 is 1.94 bits per heavy atom. The Balaban J connectivity index is 1.55. The van der Waals surface area contributed by atoms with Crippen LogP contribution in [0.3, 0.4) is 0 Å². The number of methoxy groups -OCH3 is 1. The van der Waals surface area contributed by atoms with Gasteiger partial charge in [-0.15, -0.1) is 0 Å². The van der Waals surface area contributed by atoms with E-state index in [9.17, 15) is 20.4 Å². The van der Waals surface area contributed by atoms with Crippen LogP contribution in [0.2, 0.25) is 5.02 Å². The summed E-state index contributed by atoms with van der Waals surface area (Å²) in [5.41, 5.74) is 2.20. The van der Waals surface area contributed by atoms with Gasteiger partial charge in [0, 0.05) is 24.1 Å². The van der Waals surface area contributed by atoms with E-state index in [4.69, 9.17) is 30.5 Å². The highest BCUT2D eigenvalue weighted by Crippen LogP contribution is 2.42. The van der Waals surface area contributed by atoms with Crippen LogP contribution in [0.5, 0.6) is 5.75 Å². The molecule has 2 heterocycles. The lowest BCUT2D eigenvalue weighted by atomic mass is 9.94. The molecule has 0 aromatic heterocycles. The van der Waals surface area contributed by atoms with Gasteiger partial charge >= 0.3 is 0 Å². The van der Waals surface area contributed by atoms with E-state index in [-0.39, 0.29) is 6.10 Å². The standard InChI is InChI=1S/C24H29ClO8/c1-30-24(23(29)21(28)22(33-24)20(27)12-26)16-4-7-19(25)15(11-16)10-14-2-5-17(6-3-14)32-18-8-9-31-13-18/h2-7,11,18,20-23,26-29H,8-10,12-13H2,1H3/t18-,20+,21-,22+,23+,24?/m0/s1. The molecular formula is C24H29ClO8. The molecule has 0 bridgehead atoms. The zero-order valence-electron chi connectivity index (χ0n) is 18.3. The minimum absolute atomic E-state index is 0.0774. The molecule has 33 heavy (non-hydrogen) atoms. The molecule has 2 aromatic rings. The fraction of sp³-hybridized carbons (Fsp3) is 0.500. The molecule has 0 radical (unpaired) electrons. The van der Waals surface area contributed by atoms with Crippen molar-refractivity contribution >= 4 is 11.6 Å². The largest absolute Gasteiger partial charge is 0.488 e. The minimum atomic E-state index is -1.72. The van der Waals surface area contributed by atoms with Gasteiger partial charge in [-0.1, -0.05) is 29.8 Å². The van der Waals surface area contributed by atoms with E-state index in [0.717, 1.165) is 29.9 Å². The molecule has 4 N–H and O–H groups in total. The molecule has 2 aliphatic heterocycles. The van der Waals surface area contributed by atoms with E-state index in [1.54, 1.807) is 18.2 Å². The van der Waals surface area contributed by atoms with Gasteiger partial charge in [-0.2, -0.15) is 0 Å². The first-order valence-corrected chi connectivity index (χ1v) is 11.3. The summed E-state index contributed by atoms with van der Waals surface area (Å²) < 4.78 is 22.5. The van der Waals surface area contributed by atoms with Crippen LogP contribution in [0.1, 0.15) is 23.1 Å². The predicted octanol–water partition coefficient (Wildman–Crippen LogP) is 1.37. The molecule has 2 saturated heterocycles. The molecule has 2 aromatic carbocycles. The quantitative estimate of drug-likeness (QED) is 0.447. The third-order valence-corrected chi connectivity index (χ3v) is 6.56. The van der Waals surface area contributed by atoms with E-state index in [0.29, 0.717) is 23.6 Å². The van der Waals surface area contributed by atoms with Crippen LogP contribution in [-0.4, -0.2) is 77.9 Å². The van der Waals surface area contributed by atoms with Gasteiger partial charge in [0.05, 0.1) is 19.8 Å². The average Bonchev–Trinajstić information content (AvgIpc) is 3.43. The molecule has 6 atom stereocenters. The number of halogens is 1. The monoisotopic (exact) mass is 480 g/mol. The summed E-state index contributed by atoms with van der Waals surface area (Å²) in [4.78, 5) is 0. The van der Waals surface area contributed by atoms with Gasteiger partial charge in [0.15, 0.2) is 0 Å². The van der Waals surface area contributed by atoms with Crippen molar-refractivity contribution in [3.05, 3.63) is 64.2 Å². The maximum atomic E-state index is 10.7. The van der Waals surface area contributed by atoms with Gasteiger partial charge < -0.3 is 39.4 Å². The first-order chi connectivity index (χ1) is 15.9. The summed E-state index contributed by atoms with van der Waals surface area (Å²) >= 11 is 6.45. The van der Waals surface area contributed by atoms with Crippen molar-refractivity contribution in [1.29, 1.82) is 0 Å². The first kappa shape index (κ1) is 24.4. The van der Waals surface area contributed by atoms with Crippen LogP contribution in [0.25, 0.3) is 0 Å². The van der Waals surface area contributed by atoms with Crippen molar-refractivity contribution in [2.75, 3.05) is 26.9 Å². The fourth-order valence-electron chi connectivity index (χ4n) is 4.31. The van der Waals surface area contributed by atoms with Crippen LogP contribution < -0.4 is 4.74 Å². The van der Waals surface area contributed by atoms with Crippen molar-refractivity contribution < 1.29 is 39.4 Å². The highest BCUT2D eigenvalue weighted by atomic mass is 35.5. The van der Waals surface area contributed by atoms with Crippen LogP contribution in [0.4, 0.5) is 0 Å². The molecule has 2 aliphatic rings. The lowest BCUT2D eigenvalue weighted by Gasteiger charge is -2.31. The molecule has 8 nitrogen and oxygen atoms in total. The normalized spacial score (nSPS) is 30.5. The van der Waals surface area contributed by atoms with Crippen LogP contribution in [0.15, 0.2) is 42.5 Å². The Hall–Kier alpha value is -1.75. The molecular weight excluding hydrogens is 452 g/mol. The maximum Gasteiger partial charge on any atom is 0.224 e. The highest BCUT2D eigenvalue weighted by Gasteiger charge is 2.57. The second kappa shape index (κ2) is 10.2. The summed E-state index contributed by atoms with van der Waals surface area (Å²) in [6.07, 6.45) is -4.08. The van der Waals surface area contributed by atoms with E-state index >= 15 is 0 Å². The number of ether oxygens (including phenoxy) is 4. The van der Waals surface area contributed by atoms with Crippen molar-refractivity contribution in [3.63, 3.8) is 0 Å². The van der Waals surface area contributed by atoms with Crippen molar-refractivity contribution in [3.8, 4) is 5.75 Å². The van der Waals surface area contributed by atoms with Crippen molar-refractivity contribution in [2.45, 2.75) is 49.1 Å². The molecule has 0 aliphatic carbocycles. The molecule has 9 heteroatoms. The number of aliphatic hydroxyl groups is 4. The summed E-state index contributed by atoms with van der Waals surface area (Å²) in [6, 6.07) is 12.8. The lowest BCUT2D eigenvalue weighted by Crippen LogP contribution is -2.43. The second-order valence-electron chi connectivity index (χ2n) is 8.37. The van der Waals surface area contributed by atoms with Crippen LogP contribution in [-0.2, 0) is 26.4 Å². The predicted molar refractivity (Wildman–Crippen MR) is 119 cm³/mol. The third-order valence-electron chi connectivity index (χ3n) is 6.19. The Kier molecular flexibility index (Phi) is 7.57. The number of rotatable bonds is 8. The zero-order valence-corrected chi connectivity index (χ0v) is 19.0. The zero-order chi connectivity index (χ0) is 23.6. The van der Waals surface area contributed by atoms with Gasteiger partial charge in [-0.05, 0) is 41.8 Å². The molecule has 0 amide bonds. The number of benzene rings is 2. The van der Waals surface area contributed by atoms with E-state index in [2.05, 4.69) is 0 Å². The summed E-state index contributed by atoms with van der Waals surface area (Å²) in [7, 11) is 1.34. The van der Waals surface area contributed by atoms with Gasteiger partial charge in [0.25, 0.3) is 0 Å². The Morgan fingerprint density at radius 1 is 1.18 bits per heavy atom. The molecule has 1 unspecified atom stereocenters. The van der Waals surface area contributed by atoms with Crippen molar-refractivity contribution in [2.24, 2.45) is 0 Å². The van der Waals surface area contributed by atoms with Crippen molar-refractivity contribution in [1.82, 2.24) is 0 Å². The summed E-state index contributed by atoms with van der Waals surface area (Å²) in [6.45, 7) is 0.688. The number of hydrogen-bond donors (Lipinski definition) is 4. The van der Waals surface area contributed by atoms with E-state index < -0.39 is 36.8 Å². The SMILES string of the molecule is COC1(c2ccc(Cl)c(Cc3ccc(O[C@H]4CCOC4)cc3)c2)O[C@H]([C@H](O)CO)[C@H](O)[C@H]1O. The average molecular weight is 481 g/mol. The maximum absolute atomic E-state index is 10.7. The molecule has 180 valence electrons. The fourth-order valence-corrected chi connectivity index (χ4v) is 4.50. The van der Waals surface area contributed by atoms with E-state index in [1.807, 2.05) is 24.3 Å². The second-order valence-corrected chi connectivity index (χ2v) is 8.78. The number of hydrogen-bond acceptors (Lipinski definition) is 8. The topological polar surface area (TPSA) is 118 Å². The van der Waals surface area contributed by atoms with Crippen LogP contribution >= 0.6 is 11.6 Å². The van der Waals surface area contributed by atoms with Crippen LogP contribution in [0, 0.1) is 0 Å².